The van der Waals surface area contributed by atoms with Crippen molar-refractivity contribution < 1.29 is 18.9 Å². The van der Waals surface area contributed by atoms with Crippen LogP contribution >= 0.6 is 23.1 Å². The number of carbonyl (C=O) groups is 2. The molecular weight excluding hydrogens is 509 g/mol. The van der Waals surface area contributed by atoms with Gasteiger partial charge in [-0.05, 0) is 37.3 Å². The van der Waals surface area contributed by atoms with E-state index >= 15 is 0 Å². The summed E-state index contributed by atoms with van der Waals surface area (Å²) >= 11 is 2.40. The lowest BCUT2D eigenvalue weighted by molar-refractivity contribution is -0.385. The fraction of sp³-hybridized carbons (Fsp3) is 0.136. The zero-order valence-corrected chi connectivity index (χ0v) is 20.3. The molecule has 36 heavy (non-hydrogen) atoms. The molecule has 4 rings (SSSR count). The van der Waals surface area contributed by atoms with Gasteiger partial charge in [-0.2, -0.15) is 0 Å². The number of hydrogen-bond acceptors (Lipinski definition) is 9. The van der Waals surface area contributed by atoms with E-state index in [2.05, 4.69) is 25.8 Å². The maximum absolute atomic E-state index is 13.5. The molecule has 0 bridgehead atoms. The summed E-state index contributed by atoms with van der Waals surface area (Å²) in [6.45, 7) is 1.43. The Morgan fingerprint density at radius 3 is 2.67 bits per heavy atom. The van der Waals surface area contributed by atoms with Gasteiger partial charge in [0.2, 0.25) is 5.91 Å². The zero-order valence-electron chi connectivity index (χ0n) is 18.7. The molecule has 2 amide bonds. The summed E-state index contributed by atoms with van der Waals surface area (Å²) in [5.41, 5.74) is 0.764. The van der Waals surface area contributed by atoms with E-state index < -0.39 is 16.6 Å². The highest BCUT2D eigenvalue weighted by Crippen LogP contribution is 2.24. The molecule has 0 saturated heterocycles. The van der Waals surface area contributed by atoms with Gasteiger partial charge in [0.05, 0.1) is 17.2 Å². The van der Waals surface area contributed by atoms with Crippen molar-refractivity contribution in [2.45, 2.75) is 18.6 Å². The second kappa shape index (κ2) is 11.0. The molecule has 0 aliphatic carbocycles. The third-order valence-electron chi connectivity index (χ3n) is 4.95. The van der Waals surface area contributed by atoms with Crippen molar-refractivity contribution in [1.29, 1.82) is 0 Å². The number of amides is 2. The molecule has 184 valence electrons. The van der Waals surface area contributed by atoms with Crippen LogP contribution in [0.1, 0.15) is 21.7 Å². The van der Waals surface area contributed by atoms with E-state index in [1.807, 2.05) is 0 Å². The molecule has 14 heteroatoms. The van der Waals surface area contributed by atoms with Crippen molar-refractivity contribution >= 4 is 45.7 Å². The standard InChI is InChI=1S/C22H18FN7O4S2/c1-13-16(3-2-4-17(13)30(33)34)20(32)25-11-18-27-28-22(29(18)15-7-5-14(23)6-8-15)36-12-19(31)26-21-24-9-10-35-21/h2-10H,11-12H2,1H3,(H,25,32)(H,24,26,31). The Hall–Kier alpha value is -4.17. The van der Waals surface area contributed by atoms with Gasteiger partial charge in [0, 0.05) is 34.5 Å². The number of nitro benzene ring substituents is 1. The van der Waals surface area contributed by atoms with Crippen molar-refractivity contribution in [3.63, 3.8) is 0 Å². The topological polar surface area (TPSA) is 145 Å². The van der Waals surface area contributed by atoms with Crippen LogP contribution in [0, 0.1) is 22.9 Å². The van der Waals surface area contributed by atoms with Crippen molar-refractivity contribution in [3.8, 4) is 5.69 Å². The molecule has 2 aromatic carbocycles. The Morgan fingerprint density at radius 1 is 1.19 bits per heavy atom. The summed E-state index contributed by atoms with van der Waals surface area (Å²) in [6, 6.07) is 9.84. The minimum Gasteiger partial charge on any atom is -0.345 e. The number of carbonyl (C=O) groups excluding carboxylic acids is 2. The molecule has 2 aromatic heterocycles. The smallest absolute Gasteiger partial charge is 0.273 e. The van der Waals surface area contributed by atoms with Crippen molar-refractivity contribution in [2.24, 2.45) is 0 Å². The first-order valence-electron chi connectivity index (χ1n) is 10.4. The van der Waals surface area contributed by atoms with Crippen LogP contribution in [0.15, 0.2) is 59.2 Å². The molecule has 0 atom stereocenters. The minimum atomic E-state index is -0.550. The van der Waals surface area contributed by atoms with Crippen LogP contribution in [0.25, 0.3) is 5.69 Å². The average molecular weight is 528 g/mol. The Bertz CT molecular complexity index is 1410. The van der Waals surface area contributed by atoms with Gasteiger partial charge >= 0.3 is 0 Å². The number of nitrogens with zero attached hydrogens (tertiary/aromatic N) is 5. The summed E-state index contributed by atoms with van der Waals surface area (Å²) in [5.74, 6) is -0.916. The number of nitro groups is 1. The first-order valence-corrected chi connectivity index (χ1v) is 12.2. The second-order valence-corrected chi connectivity index (χ2v) is 9.11. The highest BCUT2D eigenvalue weighted by molar-refractivity contribution is 7.99. The third kappa shape index (κ3) is 5.72. The van der Waals surface area contributed by atoms with Crippen LogP contribution in [-0.4, -0.2) is 42.2 Å². The van der Waals surface area contributed by atoms with Crippen LogP contribution in [0.2, 0.25) is 0 Å². The summed E-state index contributed by atoms with van der Waals surface area (Å²) in [4.78, 5) is 39.7. The van der Waals surface area contributed by atoms with Crippen LogP contribution in [-0.2, 0) is 11.3 Å². The SMILES string of the molecule is Cc1c(C(=O)NCc2nnc(SCC(=O)Nc3nccs3)n2-c2ccc(F)cc2)cccc1[N+](=O)[O-]. The number of hydrogen-bond donors (Lipinski definition) is 2. The molecule has 0 radical (unpaired) electrons. The molecule has 0 fully saturated rings. The molecule has 0 unspecified atom stereocenters. The molecule has 2 N–H and O–H groups in total. The fourth-order valence-electron chi connectivity index (χ4n) is 3.25. The van der Waals surface area contributed by atoms with E-state index in [1.54, 1.807) is 16.1 Å². The van der Waals surface area contributed by atoms with Crippen molar-refractivity contribution in [1.82, 2.24) is 25.1 Å². The number of halogens is 1. The number of aromatic nitrogens is 4. The van der Waals surface area contributed by atoms with E-state index in [-0.39, 0.29) is 35.0 Å². The molecule has 0 aliphatic heterocycles. The predicted octanol–water partition coefficient (Wildman–Crippen LogP) is 3.74. The molecule has 0 spiro atoms. The maximum Gasteiger partial charge on any atom is 0.273 e. The number of nitrogens with one attached hydrogen (secondary N) is 2. The number of benzene rings is 2. The second-order valence-electron chi connectivity index (χ2n) is 7.27. The van der Waals surface area contributed by atoms with E-state index in [1.165, 1.54) is 60.7 Å². The number of rotatable bonds is 9. The lowest BCUT2D eigenvalue weighted by atomic mass is 10.1. The quantitative estimate of drug-likeness (QED) is 0.190. The highest BCUT2D eigenvalue weighted by Gasteiger charge is 2.20. The number of anilines is 1. The monoisotopic (exact) mass is 527 g/mol. The molecule has 0 saturated carbocycles. The maximum atomic E-state index is 13.5. The van der Waals surface area contributed by atoms with Gasteiger partial charge in [0.15, 0.2) is 16.1 Å². The first-order chi connectivity index (χ1) is 17.3. The van der Waals surface area contributed by atoms with Crippen LogP contribution in [0.5, 0.6) is 0 Å². The number of thioether (sulfide) groups is 1. The summed E-state index contributed by atoms with van der Waals surface area (Å²) in [7, 11) is 0. The van der Waals surface area contributed by atoms with E-state index in [0.29, 0.717) is 21.8 Å². The summed E-state index contributed by atoms with van der Waals surface area (Å²) < 4.78 is 15.1. The van der Waals surface area contributed by atoms with Gasteiger partial charge in [0.25, 0.3) is 11.6 Å². The molecular formula is C22H18FN7O4S2. The van der Waals surface area contributed by atoms with Gasteiger partial charge in [-0.3, -0.25) is 24.3 Å². The lowest BCUT2D eigenvalue weighted by Crippen LogP contribution is -2.25. The van der Waals surface area contributed by atoms with Gasteiger partial charge in [0.1, 0.15) is 5.82 Å². The normalized spacial score (nSPS) is 10.7. The van der Waals surface area contributed by atoms with E-state index in [4.69, 9.17) is 0 Å². The Morgan fingerprint density at radius 2 is 1.97 bits per heavy atom. The Balaban J connectivity index is 1.53. The minimum absolute atomic E-state index is 0.0120. The lowest BCUT2D eigenvalue weighted by Gasteiger charge is -2.12. The summed E-state index contributed by atoms with van der Waals surface area (Å²) in [6.07, 6.45) is 1.58. The first kappa shape index (κ1) is 24.9. The summed E-state index contributed by atoms with van der Waals surface area (Å²) in [5, 5.41) is 27.4. The predicted molar refractivity (Wildman–Crippen MR) is 132 cm³/mol. The largest absolute Gasteiger partial charge is 0.345 e. The Kier molecular flexibility index (Phi) is 7.65. The number of thiazole rings is 1. The van der Waals surface area contributed by atoms with Crippen LogP contribution in [0.3, 0.4) is 0 Å². The fourth-order valence-corrected chi connectivity index (χ4v) is 4.57. The highest BCUT2D eigenvalue weighted by atomic mass is 32.2. The van der Waals surface area contributed by atoms with Crippen LogP contribution < -0.4 is 10.6 Å². The van der Waals surface area contributed by atoms with Crippen molar-refractivity contribution in [3.05, 3.63) is 86.9 Å². The average Bonchev–Trinajstić information content (AvgIpc) is 3.51. The molecule has 2 heterocycles. The van der Waals surface area contributed by atoms with Crippen molar-refractivity contribution in [2.75, 3.05) is 11.1 Å². The van der Waals surface area contributed by atoms with E-state index in [0.717, 1.165) is 11.8 Å². The molecule has 4 aromatic rings. The molecule has 0 aliphatic rings. The molecule has 11 nitrogen and oxygen atoms in total. The zero-order chi connectivity index (χ0) is 25.7. The van der Waals surface area contributed by atoms with E-state index in [9.17, 15) is 24.1 Å². The van der Waals surface area contributed by atoms with Gasteiger partial charge < -0.3 is 10.6 Å². The van der Waals surface area contributed by atoms with Crippen LogP contribution in [0.4, 0.5) is 15.2 Å². The third-order valence-corrected chi connectivity index (χ3v) is 6.57. The Labute approximate surface area is 211 Å². The van der Waals surface area contributed by atoms with Gasteiger partial charge in [-0.1, -0.05) is 17.8 Å². The van der Waals surface area contributed by atoms with Gasteiger partial charge in [-0.15, -0.1) is 21.5 Å². The van der Waals surface area contributed by atoms with Gasteiger partial charge in [-0.25, -0.2) is 9.37 Å².